The van der Waals surface area contributed by atoms with Crippen molar-refractivity contribution in [3.05, 3.63) is 21.4 Å². The Hall–Kier alpha value is -1.69. The number of aryl methyl sites for hydroxylation is 2. The van der Waals surface area contributed by atoms with Gasteiger partial charge in [0.15, 0.2) is 5.78 Å². The third kappa shape index (κ3) is 4.48. The second-order valence-corrected chi connectivity index (χ2v) is 5.84. The number of carboxylic acid groups (broad SMARTS) is 1. The van der Waals surface area contributed by atoms with Gasteiger partial charge in [0.05, 0.1) is 0 Å². The quantitative estimate of drug-likeness (QED) is 0.781. The van der Waals surface area contributed by atoms with Crippen molar-refractivity contribution in [2.75, 3.05) is 0 Å². The van der Waals surface area contributed by atoms with E-state index in [2.05, 4.69) is 5.32 Å². The van der Waals surface area contributed by atoms with Crippen LogP contribution in [0.25, 0.3) is 0 Å². The fraction of sp³-hybridized carbons (Fsp3) is 0.462. The first-order chi connectivity index (χ1) is 8.81. The molecule has 5 nitrogen and oxygen atoms in total. The summed E-state index contributed by atoms with van der Waals surface area (Å²) in [4.78, 5) is 35.9. The predicted molar refractivity (Wildman–Crippen MR) is 72.6 cm³/mol. The fourth-order valence-electron chi connectivity index (χ4n) is 1.64. The molecular formula is C13H17NO4S. The number of amides is 1. The van der Waals surface area contributed by atoms with Crippen molar-refractivity contribution in [1.82, 2.24) is 5.32 Å². The first kappa shape index (κ1) is 15.4. The van der Waals surface area contributed by atoms with Crippen LogP contribution in [0.5, 0.6) is 0 Å². The van der Waals surface area contributed by atoms with E-state index in [1.807, 2.05) is 19.9 Å². The lowest BCUT2D eigenvalue weighted by Gasteiger charge is -2.08. The van der Waals surface area contributed by atoms with Gasteiger partial charge in [-0.15, -0.1) is 11.3 Å². The molecule has 0 aliphatic heterocycles. The number of hydrogen-bond acceptors (Lipinski definition) is 4. The van der Waals surface area contributed by atoms with Gasteiger partial charge >= 0.3 is 5.97 Å². The minimum atomic E-state index is -1.09. The maximum absolute atomic E-state index is 11.9. The molecule has 0 aliphatic rings. The first-order valence-corrected chi connectivity index (χ1v) is 6.75. The summed E-state index contributed by atoms with van der Waals surface area (Å²) < 4.78 is 0. The number of thiophene rings is 1. The molecule has 0 spiro atoms. The second-order valence-electron chi connectivity index (χ2n) is 4.38. The zero-order valence-corrected chi connectivity index (χ0v) is 12.0. The van der Waals surface area contributed by atoms with Crippen molar-refractivity contribution in [3.8, 4) is 0 Å². The van der Waals surface area contributed by atoms with Gasteiger partial charge in [-0.1, -0.05) is 0 Å². The van der Waals surface area contributed by atoms with Crippen LogP contribution in [0.4, 0.5) is 0 Å². The van der Waals surface area contributed by atoms with E-state index in [1.54, 1.807) is 11.3 Å². The summed E-state index contributed by atoms with van der Waals surface area (Å²) in [5.41, 5.74) is 0.654. The van der Waals surface area contributed by atoms with Crippen molar-refractivity contribution in [1.29, 1.82) is 0 Å². The summed E-state index contributed by atoms with van der Waals surface area (Å²) in [5, 5.41) is 11.0. The number of carbonyl (C=O) groups excluding carboxylic acids is 2. The Labute approximate surface area is 115 Å². The monoisotopic (exact) mass is 283 g/mol. The van der Waals surface area contributed by atoms with Crippen LogP contribution in [0.1, 0.15) is 39.9 Å². The number of carbonyl (C=O) groups is 3. The summed E-state index contributed by atoms with van der Waals surface area (Å²) in [7, 11) is 0. The van der Waals surface area contributed by atoms with Crippen LogP contribution >= 0.6 is 11.3 Å². The molecule has 0 saturated heterocycles. The van der Waals surface area contributed by atoms with Crippen molar-refractivity contribution in [2.24, 2.45) is 0 Å². The molecule has 0 aliphatic carbocycles. The van der Waals surface area contributed by atoms with E-state index in [9.17, 15) is 14.4 Å². The van der Waals surface area contributed by atoms with Crippen molar-refractivity contribution in [3.63, 3.8) is 0 Å². The molecule has 104 valence electrons. The zero-order valence-electron chi connectivity index (χ0n) is 11.1. The van der Waals surface area contributed by atoms with Crippen LogP contribution < -0.4 is 5.32 Å². The Bertz CT molecular complexity index is 507. The van der Waals surface area contributed by atoms with Crippen LogP contribution in [-0.2, 0) is 9.59 Å². The summed E-state index contributed by atoms with van der Waals surface area (Å²) in [6, 6.07) is 0.882. The maximum Gasteiger partial charge on any atom is 0.325 e. The Balaban J connectivity index is 2.49. The third-order valence-corrected chi connectivity index (χ3v) is 3.63. The average molecular weight is 283 g/mol. The van der Waals surface area contributed by atoms with Crippen molar-refractivity contribution in [2.45, 2.75) is 39.7 Å². The Morgan fingerprint density at radius 3 is 2.42 bits per heavy atom. The van der Waals surface area contributed by atoms with E-state index in [0.29, 0.717) is 5.56 Å². The highest BCUT2D eigenvalue weighted by Gasteiger charge is 2.16. The molecule has 0 bridgehead atoms. The number of nitrogens with one attached hydrogen (secondary N) is 1. The molecule has 1 rings (SSSR count). The van der Waals surface area contributed by atoms with E-state index < -0.39 is 17.9 Å². The SMILES string of the molecule is Cc1cc(C(=O)CCC(=O)NC(C)C(=O)O)c(C)s1. The van der Waals surface area contributed by atoms with Crippen LogP contribution in [-0.4, -0.2) is 28.8 Å². The van der Waals surface area contributed by atoms with Gasteiger partial charge in [-0.05, 0) is 26.8 Å². The molecule has 6 heteroatoms. The summed E-state index contributed by atoms with van der Waals surface area (Å²) in [6.45, 7) is 5.18. The molecule has 1 unspecified atom stereocenters. The van der Waals surface area contributed by atoms with Crippen LogP contribution in [0.3, 0.4) is 0 Å². The smallest absolute Gasteiger partial charge is 0.325 e. The van der Waals surface area contributed by atoms with Gasteiger partial charge < -0.3 is 10.4 Å². The number of Topliss-reactive ketones (excluding diaryl/α,β-unsaturated/α-hetero) is 1. The Morgan fingerprint density at radius 1 is 1.32 bits per heavy atom. The molecule has 0 saturated carbocycles. The largest absolute Gasteiger partial charge is 0.480 e. The average Bonchev–Trinajstić information content (AvgIpc) is 2.65. The number of ketones is 1. The minimum Gasteiger partial charge on any atom is -0.480 e. The Kier molecular flexibility index (Phi) is 5.23. The molecule has 1 aromatic rings. The van der Waals surface area contributed by atoms with Crippen LogP contribution in [0.2, 0.25) is 0 Å². The molecule has 0 fully saturated rings. The maximum atomic E-state index is 11.9. The molecule has 1 atom stereocenters. The van der Waals surface area contributed by atoms with E-state index in [0.717, 1.165) is 9.75 Å². The lowest BCUT2D eigenvalue weighted by atomic mass is 10.1. The first-order valence-electron chi connectivity index (χ1n) is 5.93. The minimum absolute atomic E-state index is 0.00475. The van der Waals surface area contributed by atoms with Gasteiger partial charge in [0.2, 0.25) is 5.91 Å². The number of rotatable bonds is 6. The number of carboxylic acids is 1. The standard InChI is InChI=1S/C13H17NO4S/c1-7-6-10(9(3)19-7)11(15)4-5-12(16)14-8(2)13(17)18/h6,8H,4-5H2,1-3H3,(H,14,16)(H,17,18). The topological polar surface area (TPSA) is 83.5 Å². The molecule has 2 N–H and O–H groups in total. The van der Waals surface area contributed by atoms with E-state index in [1.165, 1.54) is 6.92 Å². The molecule has 1 amide bonds. The van der Waals surface area contributed by atoms with Gasteiger partial charge in [-0.2, -0.15) is 0 Å². The number of aliphatic carboxylic acids is 1. The normalized spacial score (nSPS) is 11.9. The van der Waals surface area contributed by atoms with Gasteiger partial charge in [0.1, 0.15) is 6.04 Å². The second kappa shape index (κ2) is 6.47. The Morgan fingerprint density at radius 2 is 1.95 bits per heavy atom. The van der Waals surface area contributed by atoms with Crippen LogP contribution in [0, 0.1) is 13.8 Å². The number of hydrogen-bond donors (Lipinski definition) is 2. The molecular weight excluding hydrogens is 266 g/mol. The highest BCUT2D eigenvalue weighted by Crippen LogP contribution is 2.22. The molecule has 1 aromatic heterocycles. The van der Waals surface area contributed by atoms with Gasteiger partial charge in [0.25, 0.3) is 0 Å². The highest BCUT2D eigenvalue weighted by atomic mass is 32.1. The molecule has 0 aromatic carbocycles. The van der Waals surface area contributed by atoms with Crippen molar-refractivity contribution < 1.29 is 19.5 Å². The van der Waals surface area contributed by atoms with Gasteiger partial charge in [-0.25, -0.2) is 0 Å². The van der Waals surface area contributed by atoms with E-state index in [-0.39, 0.29) is 18.6 Å². The van der Waals surface area contributed by atoms with Gasteiger partial charge in [0, 0.05) is 28.2 Å². The van der Waals surface area contributed by atoms with Crippen LogP contribution in [0.15, 0.2) is 6.07 Å². The lowest BCUT2D eigenvalue weighted by Crippen LogP contribution is -2.38. The van der Waals surface area contributed by atoms with E-state index >= 15 is 0 Å². The fourth-order valence-corrected chi connectivity index (χ4v) is 2.59. The van der Waals surface area contributed by atoms with Gasteiger partial charge in [-0.3, -0.25) is 14.4 Å². The predicted octanol–water partition coefficient (Wildman–Crippen LogP) is 1.92. The molecule has 1 heterocycles. The summed E-state index contributed by atoms with van der Waals surface area (Å²) >= 11 is 1.55. The van der Waals surface area contributed by atoms with Crippen molar-refractivity contribution >= 4 is 29.0 Å². The lowest BCUT2D eigenvalue weighted by molar-refractivity contribution is -0.141. The highest BCUT2D eigenvalue weighted by molar-refractivity contribution is 7.12. The molecule has 19 heavy (non-hydrogen) atoms. The molecule has 0 radical (unpaired) electrons. The summed E-state index contributed by atoms with van der Waals surface area (Å²) in [6.07, 6.45) is 0.0972. The summed E-state index contributed by atoms with van der Waals surface area (Å²) in [5.74, 6) is -1.60. The zero-order chi connectivity index (χ0) is 14.6. The van der Waals surface area contributed by atoms with E-state index in [4.69, 9.17) is 5.11 Å². The third-order valence-electron chi connectivity index (χ3n) is 2.67.